The van der Waals surface area contributed by atoms with Gasteiger partial charge in [0.2, 0.25) is 0 Å². The van der Waals surface area contributed by atoms with Gasteiger partial charge in [0.25, 0.3) is 0 Å². The Bertz CT molecular complexity index is 223. The van der Waals surface area contributed by atoms with Gasteiger partial charge in [0.15, 0.2) is 0 Å². The summed E-state index contributed by atoms with van der Waals surface area (Å²) in [5.74, 6) is -0.735. The summed E-state index contributed by atoms with van der Waals surface area (Å²) in [4.78, 5) is 10.6. The van der Waals surface area contributed by atoms with E-state index in [1.807, 2.05) is 0 Å². The lowest BCUT2D eigenvalue weighted by atomic mass is 10.3. The zero-order valence-electron chi connectivity index (χ0n) is 12.7. The maximum absolute atomic E-state index is 10.6. The number of carboxylic acids is 1. The van der Waals surface area contributed by atoms with Crippen LogP contribution in [0.5, 0.6) is 0 Å². The summed E-state index contributed by atoms with van der Waals surface area (Å²) >= 11 is 0. The molecular weight excluding hydrogens is 260 g/mol. The van der Waals surface area contributed by atoms with Crippen LogP contribution in [0.25, 0.3) is 0 Å². The molecule has 0 bridgehead atoms. The minimum Gasteiger partial charge on any atom is -0.481 e. The molecule has 0 atom stereocenters. The molecule has 0 aliphatic carbocycles. The van der Waals surface area contributed by atoms with E-state index in [2.05, 4.69) is 20.8 Å². The van der Waals surface area contributed by atoms with Crippen LogP contribution in [0.2, 0.25) is 12.1 Å². The quantitative estimate of drug-likeness (QED) is 0.412. The molecule has 5 heteroatoms. The molecule has 0 aromatic carbocycles. The zero-order chi connectivity index (χ0) is 14.6. The second-order valence-corrected chi connectivity index (χ2v) is 8.52. The zero-order valence-corrected chi connectivity index (χ0v) is 13.7. The fourth-order valence-corrected chi connectivity index (χ4v) is 4.76. The fraction of sp³-hybridized carbons (Fsp3) is 0.929. The van der Waals surface area contributed by atoms with Gasteiger partial charge in [-0.1, -0.05) is 33.6 Å². The molecule has 0 aliphatic heterocycles. The van der Waals surface area contributed by atoms with E-state index in [1.165, 1.54) is 0 Å². The van der Waals surface area contributed by atoms with Crippen molar-refractivity contribution >= 4 is 14.5 Å². The maximum Gasteiger partial charge on any atom is 0.337 e. The summed E-state index contributed by atoms with van der Waals surface area (Å²) < 4.78 is 12.1. The first kappa shape index (κ1) is 18.6. The van der Waals surface area contributed by atoms with Gasteiger partial charge < -0.3 is 14.0 Å². The van der Waals surface area contributed by atoms with Crippen molar-refractivity contribution in [3.63, 3.8) is 0 Å². The normalized spacial score (nSPS) is 11.7. The van der Waals surface area contributed by atoms with Gasteiger partial charge in [0, 0.05) is 19.6 Å². The summed E-state index contributed by atoms with van der Waals surface area (Å²) in [5.41, 5.74) is 0. The van der Waals surface area contributed by atoms with Gasteiger partial charge >= 0.3 is 14.5 Å². The molecule has 0 spiro atoms. The monoisotopic (exact) mass is 290 g/mol. The first-order valence-electron chi connectivity index (χ1n) is 7.60. The molecule has 4 nitrogen and oxygen atoms in total. The van der Waals surface area contributed by atoms with Crippen LogP contribution in [0.1, 0.15) is 59.3 Å². The molecule has 0 unspecified atom stereocenters. The van der Waals surface area contributed by atoms with Crippen LogP contribution < -0.4 is 0 Å². The van der Waals surface area contributed by atoms with Crippen LogP contribution in [0.15, 0.2) is 0 Å². The minimum absolute atomic E-state index is 0.211. The highest BCUT2D eigenvalue weighted by Gasteiger charge is 2.35. The number of carbonyl (C=O) groups is 1. The number of unbranched alkanes of at least 4 members (excludes halogenated alkanes) is 2. The third-order valence-electron chi connectivity index (χ3n) is 3.21. The molecule has 0 aromatic rings. The van der Waals surface area contributed by atoms with Crippen molar-refractivity contribution in [2.75, 3.05) is 13.2 Å². The van der Waals surface area contributed by atoms with Crippen LogP contribution >= 0.6 is 0 Å². The standard InChI is InChI=1S/C14H30O4Si/c1-4-7-11-17-19(6-3,18-12-8-5-2)13-9-10-14(15)16/h4-13H2,1-3H3,(H,15,16). The van der Waals surface area contributed by atoms with Crippen LogP contribution in [0.4, 0.5) is 0 Å². The SMILES string of the molecule is CCCCO[Si](CC)(CCCC(=O)O)OCCCC. The highest BCUT2D eigenvalue weighted by molar-refractivity contribution is 6.67. The van der Waals surface area contributed by atoms with E-state index in [0.717, 1.165) is 51.0 Å². The molecule has 19 heavy (non-hydrogen) atoms. The van der Waals surface area contributed by atoms with Crippen molar-refractivity contribution < 1.29 is 18.8 Å². The van der Waals surface area contributed by atoms with E-state index in [4.69, 9.17) is 14.0 Å². The Morgan fingerprint density at radius 2 is 1.53 bits per heavy atom. The van der Waals surface area contributed by atoms with Crippen LogP contribution in [0, 0.1) is 0 Å². The summed E-state index contributed by atoms with van der Waals surface area (Å²) in [5, 5.41) is 8.75. The highest BCUT2D eigenvalue weighted by atomic mass is 28.4. The Morgan fingerprint density at radius 1 is 1.00 bits per heavy atom. The van der Waals surface area contributed by atoms with Gasteiger partial charge in [-0.25, -0.2) is 0 Å². The van der Waals surface area contributed by atoms with Gasteiger partial charge in [-0.2, -0.15) is 0 Å². The first-order valence-corrected chi connectivity index (χ1v) is 9.83. The maximum atomic E-state index is 10.6. The Balaban J connectivity index is 4.31. The lowest BCUT2D eigenvalue weighted by Gasteiger charge is -2.30. The van der Waals surface area contributed by atoms with Crippen molar-refractivity contribution in [2.45, 2.75) is 71.4 Å². The number of hydrogen-bond donors (Lipinski definition) is 1. The predicted octanol–water partition coefficient (Wildman–Crippen LogP) is 3.95. The molecule has 0 fully saturated rings. The molecule has 0 rings (SSSR count). The minimum atomic E-state index is -2.17. The topological polar surface area (TPSA) is 55.8 Å². The fourth-order valence-electron chi connectivity index (χ4n) is 1.88. The van der Waals surface area contributed by atoms with Crippen LogP contribution in [-0.4, -0.2) is 32.9 Å². The Morgan fingerprint density at radius 3 is 1.89 bits per heavy atom. The lowest BCUT2D eigenvalue weighted by Crippen LogP contribution is -2.42. The van der Waals surface area contributed by atoms with Crippen molar-refractivity contribution in [2.24, 2.45) is 0 Å². The molecule has 0 saturated heterocycles. The average molecular weight is 290 g/mol. The molecule has 0 saturated carbocycles. The third kappa shape index (κ3) is 9.19. The van der Waals surface area contributed by atoms with Crippen LogP contribution in [-0.2, 0) is 13.6 Å². The molecule has 1 N–H and O–H groups in total. The third-order valence-corrected chi connectivity index (χ3v) is 6.87. The van der Waals surface area contributed by atoms with E-state index in [1.54, 1.807) is 0 Å². The van der Waals surface area contributed by atoms with E-state index in [0.29, 0.717) is 6.42 Å². The molecule has 0 radical (unpaired) electrons. The Hall–Kier alpha value is -0.393. The van der Waals surface area contributed by atoms with E-state index < -0.39 is 14.5 Å². The molecule has 0 heterocycles. The van der Waals surface area contributed by atoms with Crippen molar-refractivity contribution in [1.82, 2.24) is 0 Å². The predicted molar refractivity (Wildman–Crippen MR) is 79.6 cm³/mol. The van der Waals surface area contributed by atoms with Crippen LogP contribution in [0.3, 0.4) is 0 Å². The largest absolute Gasteiger partial charge is 0.481 e. The second kappa shape index (κ2) is 11.4. The average Bonchev–Trinajstić information content (AvgIpc) is 2.38. The molecular formula is C14H30O4Si. The van der Waals surface area contributed by atoms with E-state index in [9.17, 15) is 4.79 Å². The summed E-state index contributed by atoms with van der Waals surface area (Å²) in [6, 6.07) is 1.70. The van der Waals surface area contributed by atoms with Crippen molar-refractivity contribution in [3.8, 4) is 0 Å². The second-order valence-electron chi connectivity index (χ2n) is 4.92. The molecule has 0 aliphatic rings. The Kier molecular flexibility index (Phi) is 11.2. The summed E-state index contributed by atoms with van der Waals surface area (Å²) in [6.07, 6.45) is 5.18. The lowest BCUT2D eigenvalue weighted by molar-refractivity contribution is -0.137. The van der Waals surface area contributed by atoms with E-state index >= 15 is 0 Å². The van der Waals surface area contributed by atoms with Crippen molar-refractivity contribution in [3.05, 3.63) is 0 Å². The first-order chi connectivity index (χ1) is 9.10. The summed E-state index contributed by atoms with van der Waals surface area (Å²) in [7, 11) is -2.17. The molecule has 0 amide bonds. The van der Waals surface area contributed by atoms with Gasteiger partial charge in [-0.3, -0.25) is 4.79 Å². The Labute approximate surface area is 118 Å². The number of rotatable bonds is 13. The smallest absolute Gasteiger partial charge is 0.337 e. The summed E-state index contributed by atoms with van der Waals surface area (Å²) in [6.45, 7) is 7.87. The molecule has 114 valence electrons. The number of carboxylic acid groups (broad SMARTS) is 1. The highest BCUT2D eigenvalue weighted by Crippen LogP contribution is 2.23. The number of aliphatic carboxylic acids is 1. The van der Waals surface area contributed by atoms with Crippen molar-refractivity contribution in [1.29, 1.82) is 0 Å². The van der Waals surface area contributed by atoms with Gasteiger partial charge in [-0.15, -0.1) is 0 Å². The van der Waals surface area contributed by atoms with Gasteiger partial charge in [0.05, 0.1) is 0 Å². The molecule has 0 aromatic heterocycles. The van der Waals surface area contributed by atoms with Gasteiger partial charge in [0.1, 0.15) is 0 Å². The van der Waals surface area contributed by atoms with E-state index in [-0.39, 0.29) is 6.42 Å². The van der Waals surface area contributed by atoms with Gasteiger partial charge in [-0.05, 0) is 31.4 Å². The number of hydrogen-bond acceptors (Lipinski definition) is 3.